The number of carboxylic acid groups (broad SMARTS) is 1. The van der Waals surface area contributed by atoms with Crippen molar-refractivity contribution in [2.75, 3.05) is 7.11 Å². The number of hydrogen-bond donors (Lipinski definition) is 2. The molecule has 20 heavy (non-hydrogen) atoms. The summed E-state index contributed by atoms with van der Waals surface area (Å²) < 4.78 is 5.16. The molecule has 0 aliphatic rings. The number of rotatable bonds is 6. The number of carbonyl (C=O) groups excluding carboxylic acids is 1. The predicted molar refractivity (Wildman–Crippen MR) is 76.4 cm³/mol. The molecule has 0 aliphatic carbocycles. The van der Waals surface area contributed by atoms with E-state index in [0.717, 1.165) is 5.56 Å². The lowest BCUT2D eigenvalue weighted by atomic mass is 10.0. The van der Waals surface area contributed by atoms with E-state index >= 15 is 0 Å². The molecule has 5 heteroatoms. The molecule has 1 aromatic carbocycles. The zero-order chi connectivity index (χ0) is 15.1. The third-order valence-corrected chi connectivity index (χ3v) is 2.78. The van der Waals surface area contributed by atoms with Gasteiger partial charge in [0.1, 0.15) is 11.8 Å². The molecule has 1 atom stereocenters. The fraction of sp³-hybridized carbons (Fsp3) is 0.333. The Balaban J connectivity index is 2.75. The number of methoxy groups -OCH3 is 1. The van der Waals surface area contributed by atoms with Gasteiger partial charge in [-0.25, -0.2) is 4.79 Å². The van der Waals surface area contributed by atoms with Gasteiger partial charge >= 0.3 is 5.97 Å². The summed E-state index contributed by atoms with van der Waals surface area (Å²) in [5.41, 5.74) is 0.751. The first-order chi connectivity index (χ1) is 9.45. The highest BCUT2D eigenvalue weighted by Gasteiger charge is 2.22. The van der Waals surface area contributed by atoms with Crippen molar-refractivity contribution in [1.29, 1.82) is 0 Å². The Bertz CT molecular complexity index is 508. The molecule has 0 spiro atoms. The Kier molecular flexibility index (Phi) is 5.77. The molecule has 0 heterocycles. The van der Waals surface area contributed by atoms with Gasteiger partial charge in [0.05, 0.1) is 7.11 Å². The number of nitrogens with one attached hydrogen (secondary N) is 1. The van der Waals surface area contributed by atoms with Gasteiger partial charge in [0.2, 0.25) is 5.91 Å². The van der Waals surface area contributed by atoms with Crippen molar-refractivity contribution >= 4 is 18.0 Å². The highest BCUT2D eigenvalue weighted by atomic mass is 16.5. The molecule has 0 aromatic heterocycles. The molecule has 0 radical (unpaired) electrons. The average Bonchev–Trinajstić information content (AvgIpc) is 2.42. The van der Waals surface area contributed by atoms with Crippen LogP contribution in [-0.2, 0) is 9.59 Å². The van der Waals surface area contributed by atoms with Crippen LogP contribution >= 0.6 is 0 Å². The summed E-state index contributed by atoms with van der Waals surface area (Å²) in [6.07, 6.45) is 2.89. The molecule has 0 bridgehead atoms. The van der Waals surface area contributed by atoms with Crippen LogP contribution in [0.5, 0.6) is 5.75 Å². The minimum atomic E-state index is -1.04. The Hall–Kier alpha value is -2.30. The fourth-order valence-corrected chi connectivity index (χ4v) is 1.68. The number of carbonyl (C=O) groups is 2. The molecule has 1 aromatic rings. The van der Waals surface area contributed by atoms with Crippen LogP contribution in [0.2, 0.25) is 0 Å². The lowest BCUT2D eigenvalue weighted by molar-refractivity contribution is -0.142. The van der Waals surface area contributed by atoms with Crippen LogP contribution in [0.15, 0.2) is 30.3 Å². The van der Waals surface area contributed by atoms with E-state index in [9.17, 15) is 9.59 Å². The summed E-state index contributed by atoms with van der Waals surface area (Å²) in [5.74, 6) is -1.03. The minimum Gasteiger partial charge on any atom is -0.496 e. The van der Waals surface area contributed by atoms with E-state index in [1.54, 1.807) is 39.2 Å². The van der Waals surface area contributed by atoms with Gasteiger partial charge in [0, 0.05) is 11.6 Å². The van der Waals surface area contributed by atoms with Gasteiger partial charge < -0.3 is 15.2 Å². The highest BCUT2D eigenvalue weighted by Crippen LogP contribution is 2.18. The first-order valence-electron chi connectivity index (χ1n) is 6.30. The van der Waals surface area contributed by atoms with Crippen molar-refractivity contribution in [3.63, 3.8) is 0 Å². The molecule has 0 saturated heterocycles. The van der Waals surface area contributed by atoms with Crippen molar-refractivity contribution < 1.29 is 19.4 Å². The highest BCUT2D eigenvalue weighted by molar-refractivity contribution is 5.94. The number of para-hydroxylation sites is 1. The number of benzene rings is 1. The van der Waals surface area contributed by atoms with E-state index in [1.165, 1.54) is 6.08 Å². The molecule has 0 fully saturated rings. The van der Waals surface area contributed by atoms with Crippen LogP contribution in [-0.4, -0.2) is 30.1 Å². The Labute approximate surface area is 118 Å². The van der Waals surface area contributed by atoms with E-state index < -0.39 is 17.9 Å². The molecule has 0 aliphatic heterocycles. The summed E-state index contributed by atoms with van der Waals surface area (Å²) in [6.45, 7) is 3.48. The first-order valence-corrected chi connectivity index (χ1v) is 6.30. The first kappa shape index (κ1) is 15.8. The number of carboxylic acids is 1. The Morgan fingerprint density at radius 1 is 1.30 bits per heavy atom. The monoisotopic (exact) mass is 277 g/mol. The van der Waals surface area contributed by atoms with Crippen LogP contribution in [0.25, 0.3) is 6.08 Å². The predicted octanol–water partition coefficient (Wildman–Crippen LogP) is 1.93. The maximum absolute atomic E-state index is 11.7. The molecule has 1 rings (SSSR count). The van der Waals surface area contributed by atoms with E-state index in [2.05, 4.69) is 5.32 Å². The average molecular weight is 277 g/mol. The van der Waals surface area contributed by atoms with E-state index in [-0.39, 0.29) is 5.92 Å². The van der Waals surface area contributed by atoms with Gasteiger partial charge in [-0.15, -0.1) is 0 Å². The third-order valence-electron chi connectivity index (χ3n) is 2.78. The molecule has 0 saturated carbocycles. The quantitative estimate of drug-likeness (QED) is 0.779. The minimum absolute atomic E-state index is 0.184. The molecule has 5 nitrogen and oxygen atoms in total. The number of amides is 1. The summed E-state index contributed by atoms with van der Waals surface area (Å²) in [4.78, 5) is 22.7. The summed E-state index contributed by atoms with van der Waals surface area (Å²) >= 11 is 0. The van der Waals surface area contributed by atoms with Gasteiger partial charge in [-0.2, -0.15) is 0 Å². The molecular formula is C15H19NO4. The van der Waals surface area contributed by atoms with Crippen molar-refractivity contribution in [2.45, 2.75) is 19.9 Å². The number of ether oxygens (including phenoxy) is 1. The second-order valence-corrected chi connectivity index (χ2v) is 4.64. The SMILES string of the molecule is COc1ccccc1/C=C/C(=O)N[C@@H](C(=O)O)C(C)C. The maximum atomic E-state index is 11.7. The topological polar surface area (TPSA) is 75.6 Å². The molecule has 0 unspecified atom stereocenters. The standard InChI is InChI=1S/C15H19NO4/c1-10(2)14(15(18)19)16-13(17)9-8-11-6-4-5-7-12(11)20-3/h4-10,14H,1-3H3,(H,16,17)(H,18,19)/b9-8+/t14-/m1/s1. The smallest absolute Gasteiger partial charge is 0.326 e. The molecule has 2 N–H and O–H groups in total. The largest absolute Gasteiger partial charge is 0.496 e. The van der Waals surface area contributed by atoms with E-state index in [4.69, 9.17) is 9.84 Å². The van der Waals surface area contributed by atoms with Crippen molar-refractivity contribution in [2.24, 2.45) is 5.92 Å². The zero-order valence-corrected chi connectivity index (χ0v) is 11.8. The van der Waals surface area contributed by atoms with Gasteiger partial charge in [-0.3, -0.25) is 4.79 Å². The summed E-state index contributed by atoms with van der Waals surface area (Å²) in [5, 5.41) is 11.5. The lowest BCUT2D eigenvalue weighted by Crippen LogP contribution is -2.43. The Morgan fingerprint density at radius 2 is 1.95 bits per heavy atom. The van der Waals surface area contributed by atoms with Crippen LogP contribution < -0.4 is 10.1 Å². The maximum Gasteiger partial charge on any atom is 0.326 e. The van der Waals surface area contributed by atoms with Crippen molar-refractivity contribution in [3.8, 4) is 5.75 Å². The third kappa shape index (κ3) is 4.42. The van der Waals surface area contributed by atoms with Crippen LogP contribution in [0, 0.1) is 5.92 Å². The van der Waals surface area contributed by atoms with Gasteiger partial charge in [0.15, 0.2) is 0 Å². The molecule has 1 amide bonds. The second-order valence-electron chi connectivity index (χ2n) is 4.64. The zero-order valence-electron chi connectivity index (χ0n) is 11.8. The lowest BCUT2D eigenvalue weighted by Gasteiger charge is -2.16. The fourth-order valence-electron chi connectivity index (χ4n) is 1.68. The summed E-state index contributed by atoms with van der Waals surface area (Å²) in [6, 6.07) is 6.35. The van der Waals surface area contributed by atoms with Crippen molar-refractivity contribution in [1.82, 2.24) is 5.32 Å². The normalized spacial score (nSPS) is 12.4. The van der Waals surface area contributed by atoms with Crippen molar-refractivity contribution in [3.05, 3.63) is 35.9 Å². The number of aliphatic carboxylic acids is 1. The van der Waals surface area contributed by atoms with Gasteiger partial charge in [-0.05, 0) is 18.1 Å². The van der Waals surface area contributed by atoms with E-state index in [0.29, 0.717) is 5.75 Å². The summed E-state index contributed by atoms with van der Waals surface area (Å²) in [7, 11) is 1.55. The van der Waals surface area contributed by atoms with Gasteiger partial charge in [-0.1, -0.05) is 32.0 Å². The Morgan fingerprint density at radius 3 is 2.50 bits per heavy atom. The van der Waals surface area contributed by atoms with Crippen LogP contribution in [0.1, 0.15) is 19.4 Å². The van der Waals surface area contributed by atoms with Crippen LogP contribution in [0.3, 0.4) is 0 Å². The van der Waals surface area contributed by atoms with E-state index in [1.807, 2.05) is 12.1 Å². The van der Waals surface area contributed by atoms with Crippen LogP contribution in [0.4, 0.5) is 0 Å². The number of hydrogen-bond acceptors (Lipinski definition) is 3. The van der Waals surface area contributed by atoms with Gasteiger partial charge in [0.25, 0.3) is 0 Å². The molecular weight excluding hydrogens is 258 g/mol. The second kappa shape index (κ2) is 7.33. The molecule has 108 valence electrons.